The van der Waals surface area contributed by atoms with Crippen molar-refractivity contribution in [3.05, 3.63) is 35.4 Å². The minimum Gasteiger partial charge on any atom is -0.379 e. The summed E-state index contributed by atoms with van der Waals surface area (Å²) in [4.78, 5) is 16.1. The minimum atomic E-state index is -1.08. The third-order valence-electron chi connectivity index (χ3n) is 4.48. The first-order chi connectivity index (χ1) is 11.6. The van der Waals surface area contributed by atoms with Crippen LogP contribution in [0.25, 0.3) is 0 Å². The topological polar surface area (TPSA) is 42.0 Å². The van der Waals surface area contributed by atoms with Crippen molar-refractivity contribution in [1.29, 1.82) is 0 Å². The molecule has 3 rings (SSSR count). The van der Waals surface area contributed by atoms with Gasteiger partial charge in [-0.1, -0.05) is 6.07 Å². The van der Waals surface area contributed by atoms with Crippen molar-refractivity contribution in [3.63, 3.8) is 0 Å². The highest BCUT2D eigenvalue weighted by atomic mass is 19.2. The number of carbonyl (C=O) groups is 1. The van der Waals surface area contributed by atoms with E-state index >= 15 is 0 Å². The number of ether oxygens (including phenoxy) is 2. The first kappa shape index (κ1) is 17.3. The van der Waals surface area contributed by atoms with E-state index in [1.54, 1.807) is 0 Å². The Morgan fingerprint density at radius 3 is 2.83 bits per heavy atom. The van der Waals surface area contributed by atoms with E-state index in [9.17, 15) is 13.6 Å². The summed E-state index contributed by atoms with van der Waals surface area (Å²) in [5, 5.41) is 0. The molecule has 1 unspecified atom stereocenters. The van der Waals surface area contributed by atoms with E-state index in [1.165, 1.54) is 17.0 Å². The van der Waals surface area contributed by atoms with Crippen LogP contribution in [-0.4, -0.2) is 74.4 Å². The standard InChI is InChI=1S/C17H22F2N2O3/c18-15-3-1-2-14(16(15)19)17(22)21-5-4-13(12-21)24-11-8-20-6-9-23-10-7-20/h1-3,13H,4-12H2. The molecule has 2 aliphatic rings. The molecular weight excluding hydrogens is 318 g/mol. The molecule has 0 radical (unpaired) electrons. The number of hydrogen-bond acceptors (Lipinski definition) is 4. The summed E-state index contributed by atoms with van der Waals surface area (Å²) in [5.41, 5.74) is -0.219. The molecule has 132 valence electrons. The smallest absolute Gasteiger partial charge is 0.257 e. The Hall–Kier alpha value is -1.57. The Bertz CT molecular complexity index is 579. The fourth-order valence-electron chi connectivity index (χ4n) is 3.06. The molecule has 0 saturated carbocycles. The summed E-state index contributed by atoms with van der Waals surface area (Å²) in [6.45, 7) is 5.69. The van der Waals surface area contributed by atoms with E-state index in [0.717, 1.165) is 38.9 Å². The monoisotopic (exact) mass is 340 g/mol. The molecule has 1 atom stereocenters. The summed E-state index contributed by atoms with van der Waals surface area (Å²) in [5.74, 6) is -2.57. The largest absolute Gasteiger partial charge is 0.379 e. The van der Waals surface area contributed by atoms with Crippen molar-refractivity contribution < 1.29 is 23.0 Å². The highest BCUT2D eigenvalue weighted by Gasteiger charge is 2.29. The molecule has 7 heteroatoms. The Balaban J connectivity index is 1.46. The van der Waals surface area contributed by atoms with E-state index in [0.29, 0.717) is 26.1 Å². The van der Waals surface area contributed by atoms with Crippen LogP contribution < -0.4 is 0 Å². The third-order valence-corrected chi connectivity index (χ3v) is 4.48. The molecule has 2 saturated heterocycles. The number of morpholine rings is 1. The van der Waals surface area contributed by atoms with Gasteiger partial charge in [0.2, 0.25) is 0 Å². The van der Waals surface area contributed by atoms with Crippen LogP contribution in [0.2, 0.25) is 0 Å². The van der Waals surface area contributed by atoms with Crippen LogP contribution in [0.15, 0.2) is 18.2 Å². The fourth-order valence-corrected chi connectivity index (χ4v) is 3.06. The van der Waals surface area contributed by atoms with Gasteiger partial charge < -0.3 is 14.4 Å². The van der Waals surface area contributed by atoms with Gasteiger partial charge in [0.05, 0.1) is 31.5 Å². The van der Waals surface area contributed by atoms with Gasteiger partial charge in [-0.3, -0.25) is 9.69 Å². The number of rotatable bonds is 5. The number of likely N-dealkylation sites (tertiary alicyclic amines) is 1. The van der Waals surface area contributed by atoms with Gasteiger partial charge in [0.15, 0.2) is 11.6 Å². The Kier molecular flexibility index (Phi) is 5.76. The van der Waals surface area contributed by atoms with Crippen molar-refractivity contribution in [2.75, 3.05) is 52.5 Å². The van der Waals surface area contributed by atoms with Crippen LogP contribution >= 0.6 is 0 Å². The maximum absolute atomic E-state index is 13.7. The number of halogens is 2. The molecule has 0 spiro atoms. The van der Waals surface area contributed by atoms with E-state index in [2.05, 4.69) is 4.90 Å². The molecule has 0 aliphatic carbocycles. The molecule has 0 N–H and O–H groups in total. The summed E-state index contributed by atoms with van der Waals surface area (Å²) in [7, 11) is 0. The van der Waals surface area contributed by atoms with Crippen molar-refractivity contribution in [3.8, 4) is 0 Å². The molecule has 2 aliphatic heterocycles. The summed E-state index contributed by atoms with van der Waals surface area (Å²) >= 11 is 0. The molecule has 24 heavy (non-hydrogen) atoms. The SMILES string of the molecule is O=C(c1cccc(F)c1F)N1CCC(OCCN2CCOCC2)C1. The molecule has 5 nitrogen and oxygen atoms in total. The molecule has 0 aromatic heterocycles. The Labute approximate surface area is 140 Å². The van der Waals surface area contributed by atoms with Crippen LogP contribution in [0.5, 0.6) is 0 Å². The van der Waals surface area contributed by atoms with Crippen molar-refractivity contribution >= 4 is 5.91 Å². The first-order valence-corrected chi connectivity index (χ1v) is 8.30. The number of nitrogens with zero attached hydrogens (tertiary/aromatic N) is 2. The van der Waals surface area contributed by atoms with E-state index in [1.807, 2.05) is 0 Å². The lowest BCUT2D eigenvalue weighted by atomic mass is 10.2. The van der Waals surface area contributed by atoms with E-state index < -0.39 is 17.5 Å². The number of carbonyl (C=O) groups excluding carboxylic acids is 1. The third kappa shape index (κ3) is 4.09. The summed E-state index contributed by atoms with van der Waals surface area (Å²) in [6, 6.07) is 3.67. The van der Waals surface area contributed by atoms with Gasteiger partial charge in [-0.25, -0.2) is 8.78 Å². The molecule has 0 bridgehead atoms. The van der Waals surface area contributed by atoms with Crippen molar-refractivity contribution in [1.82, 2.24) is 9.80 Å². The zero-order valence-corrected chi connectivity index (χ0v) is 13.5. The zero-order valence-electron chi connectivity index (χ0n) is 13.5. The van der Waals surface area contributed by atoms with E-state index in [4.69, 9.17) is 9.47 Å². The second-order valence-corrected chi connectivity index (χ2v) is 6.09. The fraction of sp³-hybridized carbons (Fsp3) is 0.588. The lowest BCUT2D eigenvalue weighted by molar-refractivity contribution is 0.00423. The molecule has 1 aromatic carbocycles. The van der Waals surface area contributed by atoms with Crippen LogP contribution in [0.1, 0.15) is 16.8 Å². The predicted octanol–water partition coefficient (Wildman–Crippen LogP) is 1.53. The summed E-state index contributed by atoms with van der Waals surface area (Å²) in [6.07, 6.45) is 0.665. The first-order valence-electron chi connectivity index (χ1n) is 8.30. The lowest BCUT2D eigenvalue weighted by Crippen LogP contribution is -2.39. The normalized spacial score (nSPS) is 22.1. The molecule has 2 heterocycles. The van der Waals surface area contributed by atoms with E-state index in [-0.39, 0.29) is 11.7 Å². The van der Waals surface area contributed by atoms with Gasteiger partial charge >= 0.3 is 0 Å². The van der Waals surface area contributed by atoms with Gasteiger partial charge in [0, 0.05) is 32.7 Å². The van der Waals surface area contributed by atoms with Gasteiger partial charge in [-0.2, -0.15) is 0 Å². The summed E-state index contributed by atoms with van der Waals surface area (Å²) < 4.78 is 38.1. The predicted molar refractivity (Wildman–Crippen MR) is 83.9 cm³/mol. The van der Waals surface area contributed by atoms with Crippen LogP contribution in [-0.2, 0) is 9.47 Å². The van der Waals surface area contributed by atoms with Crippen LogP contribution in [0.4, 0.5) is 8.78 Å². The van der Waals surface area contributed by atoms with Crippen molar-refractivity contribution in [2.24, 2.45) is 0 Å². The molecule has 1 aromatic rings. The lowest BCUT2D eigenvalue weighted by Gasteiger charge is -2.26. The average molecular weight is 340 g/mol. The van der Waals surface area contributed by atoms with Gasteiger partial charge in [-0.05, 0) is 18.6 Å². The highest BCUT2D eigenvalue weighted by Crippen LogP contribution is 2.19. The second kappa shape index (κ2) is 8.00. The second-order valence-electron chi connectivity index (χ2n) is 6.09. The van der Waals surface area contributed by atoms with Gasteiger partial charge in [-0.15, -0.1) is 0 Å². The quantitative estimate of drug-likeness (QED) is 0.815. The Morgan fingerprint density at radius 1 is 1.25 bits per heavy atom. The number of amides is 1. The molecule has 2 fully saturated rings. The van der Waals surface area contributed by atoms with Gasteiger partial charge in [0.25, 0.3) is 5.91 Å². The van der Waals surface area contributed by atoms with Crippen molar-refractivity contribution in [2.45, 2.75) is 12.5 Å². The highest BCUT2D eigenvalue weighted by molar-refractivity contribution is 5.94. The number of hydrogen-bond donors (Lipinski definition) is 0. The Morgan fingerprint density at radius 2 is 2.04 bits per heavy atom. The zero-order chi connectivity index (χ0) is 16.9. The van der Waals surface area contributed by atoms with Crippen LogP contribution in [0.3, 0.4) is 0 Å². The van der Waals surface area contributed by atoms with Crippen LogP contribution in [0, 0.1) is 11.6 Å². The maximum atomic E-state index is 13.7. The minimum absolute atomic E-state index is 0.0494. The van der Waals surface area contributed by atoms with Gasteiger partial charge in [0.1, 0.15) is 0 Å². The average Bonchev–Trinajstić information content (AvgIpc) is 3.07. The number of benzene rings is 1. The molecular formula is C17H22F2N2O3. The molecule has 1 amide bonds. The maximum Gasteiger partial charge on any atom is 0.257 e.